The second kappa shape index (κ2) is 5.19. The van der Waals surface area contributed by atoms with Gasteiger partial charge in [-0.05, 0) is 37.5 Å². The van der Waals surface area contributed by atoms with Crippen molar-refractivity contribution in [1.29, 1.82) is 0 Å². The summed E-state index contributed by atoms with van der Waals surface area (Å²) >= 11 is 0. The van der Waals surface area contributed by atoms with Crippen molar-refractivity contribution in [1.82, 2.24) is 0 Å². The van der Waals surface area contributed by atoms with Gasteiger partial charge in [0.05, 0.1) is 12.5 Å². The van der Waals surface area contributed by atoms with Gasteiger partial charge in [-0.15, -0.1) is 0 Å². The minimum absolute atomic E-state index is 0.403. The van der Waals surface area contributed by atoms with Gasteiger partial charge in [-0.25, -0.2) is 4.39 Å². The number of carboxylic acid groups (broad SMARTS) is 1. The molecule has 0 spiro atoms. The average molecular weight is 266 g/mol. The molecule has 0 atom stereocenters. The zero-order valence-corrected chi connectivity index (χ0v) is 11.3. The first-order valence-electron chi connectivity index (χ1n) is 6.59. The number of carbonyl (C=O) groups is 1. The van der Waals surface area contributed by atoms with Crippen molar-refractivity contribution >= 4 is 5.97 Å². The average Bonchev–Trinajstić information content (AvgIpc) is 2.38. The van der Waals surface area contributed by atoms with Crippen LogP contribution < -0.4 is 4.74 Å². The van der Waals surface area contributed by atoms with Crippen LogP contribution in [-0.2, 0) is 10.2 Å². The molecule has 2 rings (SSSR count). The highest BCUT2D eigenvalue weighted by Gasteiger charge is 2.43. The molecule has 1 aliphatic carbocycles. The number of carboxylic acids is 1. The first-order valence-corrected chi connectivity index (χ1v) is 6.59. The number of aliphatic carboxylic acids is 1. The molecule has 4 heteroatoms. The Labute approximate surface area is 112 Å². The van der Waals surface area contributed by atoms with E-state index in [0.29, 0.717) is 29.7 Å². The Morgan fingerprint density at radius 1 is 1.32 bits per heavy atom. The van der Waals surface area contributed by atoms with Crippen molar-refractivity contribution in [3.05, 3.63) is 29.1 Å². The van der Waals surface area contributed by atoms with Crippen LogP contribution in [-0.4, -0.2) is 18.2 Å². The second-order valence-electron chi connectivity index (χ2n) is 5.25. The minimum atomic E-state index is -1.00. The van der Waals surface area contributed by atoms with Gasteiger partial charge in [0.25, 0.3) is 0 Å². The van der Waals surface area contributed by atoms with Gasteiger partial charge in [0.2, 0.25) is 0 Å². The van der Waals surface area contributed by atoms with E-state index in [9.17, 15) is 14.3 Å². The molecule has 0 heterocycles. The number of hydrogen-bond donors (Lipinski definition) is 1. The van der Waals surface area contributed by atoms with Gasteiger partial charge >= 0.3 is 5.97 Å². The summed E-state index contributed by atoms with van der Waals surface area (Å²) in [5.41, 5.74) is 0.125. The molecule has 0 unspecified atom stereocenters. The Kier molecular flexibility index (Phi) is 3.78. The van der Waals surface area contributed by atoms with Crippen molar-refractivity contribution < 1.29 is 19.0 Å². The summed E-state index contributed by atoms with van der Waals surface area (Å²) in [6.07, 6.45) is 3.82. The lowest BCUT2D eigenvalue weighted by molar-refractivity contribution is -0.145. The number of benzene rings is 1. The van der Waals surface area contributed by atoms with Crippen LogP contribution in [0.25, 0.3) is 0 Å². The van der Waals surface area contributed by atoms with Crippen molar-refractivity contribution in [2.24, 2.45) is 0 Å². The highest BCUT2D eigenvalue weighted by Crippen LogP contribution is 2.44. The van der Waals surface area contributed by atoms with E-state index in [-0.39, 0.29) is 0 Å². The standard InChI is InChI=1S/C15H19FO3/c1-10-8-11(16)9-12(13(10)19-2)15(14(17)18)6-4-3-5-7-15/h8-9H,3-7H2,1-2H3,(H,17,18). The van der Waals surface area contributed by atoms with Crippen molar-refractivity contribution in [3.63, 3.8) is 0 Å². The van der Waals surface area contributed by atoms with E-state index in [2.05, 4.69) is 0 Å². The minimum Gasteiger partial charge on any atom is -0.496 e. The lowest BCUT2D eigenvalue weighted by Gasteiger charge is -2.35. The first kappa shape index (κ1) is 13.8. The molecule has 1 aromatic rings. The summed E-state index contributed by atoms with van der Waals surface area (Å²) in [5, 5.41) is 9.67. The first-order chi connectivity index (χ1) is 9.01. The van der Waals surface area contributed by atoms with E-state index in [4.69, 9.17) is 4.74 Å². The van der Waals surface area contributed by atoms with Crippen LogP contribution in [0, 0.1) is 12.7 Å². The van der Waals surface area contributed by atoms with Gasteiger partial charge < -0.3 is 9.84 Å². The van der Waals surface area contributed by atoms with E-state index in [0.717, 1.165) is 19.3 Å². The molecule has 0 aromatic heterocycles. The molecule has 1 N–H and O–H groups in total. The molecule has 1 aliphatic rings. The summed E-state index contributed by atoms with van der Waals surface area (Å²) < 4.78 is 19.0. The highest BCUT2D eigenvalue weighted by atomic mass is 19.1. The molecule has 1 saturated carbocycles. The Morgan fingerprint density at radius 3 is 2.47 bits per heavy atom. The molecular formula is C15H19FO3. The normalized spacial score (nSPS) is 18.1. The summed E-state index contributed by atoms with van der Waals surface area (Å²) in [7, 11) is 1.50. The Bertz CT molecular complexity index is 490. The molecule has 3 nitrogen and oxygen atoms in total. The predicted molar refractivity (Wildman–Crippen MR) is 70.1 cm³/mol. The van der Waals surface area contributed by atoms with Gasteiger partial charge in [-0.2, -0.15) is 0 Å². The summed E-state index contributed by atoms with van der Waals surface area (Å²) in [6.45, 7) is 1.74. The fourth-order valence-electron chi connectivity index (χ4n) is 3.11. The van der Waals surface area contributed by atoms with E-state index in [1.807, 2.05) is 0 Å². The molecule has 0 amide bonds. The topological polar surface area (TPSA) is 46.5 Å². The fraction of sp³-hybridized carbons (Fsp3) is 0.533. The van der Waals surface area contributed by atoms with Crippen LogP contribution in [0.15, 0.2) is 12.1 Å². The Hall–Kier alpha value is -1.58. The second-order valence-corrected chi connectivity index (χ2v) is 5.25. The largest absolute Gasteiger partial charge is 0.496 e. The Balaban J connectivity index is 2.62. The van der Waals surface area contributed by atoms with Crippen molar-refractivity contribution in [3.8, 4) is 5.75 Å². The van der Waals surface area contributed by atoms with Crippen LogP contribution in [0.2, 0.25) is 0 Å². The monoisotopic (exact) mass is 266 g/mol. The molecule has 0 bridgehead atoms. The number of methoxy groups -OCH3 is 1. The van der Waals surface area contributed by atoms with Gasteiger partial charge in [-0.3, -0.25) is 4.79 Å². The van der Waals surface area contributed by atoms with Gasteiger partial charge in [-0.1, -0.05) is 19.3 Å². The third-order valence-electron chi connectivity index (χ3n) is 4.08. The number of halogens is 1. The van der Waals surface area contributed by atoms with Crippen LogP contribution >= 0.6 is 0 Å². The van der Waals surface area contributed by atoms with Crippen molar-refractivity contribution in [2.45, 2.75) is 44.4 Å². The molecular weight excluding hydrogens is 247 g/mol. The number of aryl methyl sites for hydroxylation is 1. The van der Waals surface area contributed by atoms with Crippen LogP contribution in [0.4, 0.5) is 4.39 Å². The van der Waals surface area contributed by atoms with Gasteiger partial charge in [0.15, 0.2) is 0 Å². The zero-order valence-electron chi connectivity index (χ0n) is 11.3. The fourth-order valence-corrected chi connectivity index (χ4v) is 3.11. The summed E-state index contributed by atoms with van der Waals surface area (Å²) in [4.78, 5) is 11.8. The van der Waals surface area contributed by atoms with Crippen molar-refractivity contribution in [2.75, 3.05) is 7.11 Å². The molecule has 19 heavy (non-hydrogen) atoms. The van der Waals surface area contributed by atoms with E-state index >= 15 is 0 Å². The van der Waals surface area contributed by atoms with E-state index < -0.39 is 17.2 Å². The SMILES string of the molecule is COc1c(C)cc(F)cc1C1(C(=O)O)CCCCC1. The van der Waals surface area contributed by atoms with E-state index in [1.54, 1.807) is 6.92 Å². The smallest absolute Gasteiger partial charge is 0.314 e. The van der Waals surface area contributed by atoms with E-state index in [1.165, 1.54) is 19.2 Å². The van der Waals surface area contributed by atoms with Gasteiger partial charge in [0.1, 0.15) is 11.6 Å². The summed E-state index contributed by atoms with van der Waals surface area (Å²) in [6, 6.07) is 2.70. The molecule has 1 fully saturated rings. The number of ether oxygens (including phenoxy) is 1. The third-order valence-corrected chi connectivity index (χ3v) is 4.08. The molecule has 1 aromatic carbocycles. The van der Waals surface area contributed by atoms with Gasteiger partial charge in [0, 0.05) is 5.56 Å². The lowest BCUT2D eigenvalue weighted by Crippen LogP contribution is -2.38. The summed E-state index contributed by atoms with van der Waals surface area (Å²) in [5.74, 6) is -0.777. The zero-order chi connectivity index (χ0) is 14.0. The van der Waals surface area contributed by atoms with Crippen LogP contribution in [0.1, 0.15) is 43.2 Å². The quantitative estimate of drug-likeness (QED) is 0.911. The molecule has 0 saturated heterocycles. The molecule has 0 radical (unpaired) electrons. The predicted octanol–water partition coefficient (Wildman–Crippen LogP) is 3.43. The molecule has 104 valence electrons. The maximum atomic E-state index is 13.7. The highest BCUT2D eigenvalue weighted by molar-refractivity contribution is 5.83. The Morgan fingerprint density at radius 2 is 1.95 bits per heavy atom. The number of hydrogen-bond acceptors (Lipinski definition) is 2. The molecule has 0 aliphatic heterocycles. The maximum Gasteiger partial charge on any atom is 0.314 e. The van der Waals surface area contributed by atoms with Crippen LogP contribution in [0.3, 0.4) is 0 Å². The maximum absolute atomic E-state index is 13.7. The lowest BCUT2D eigenvalue weighted by atomic mass is 9.69. The van der Waals surface area contributed by atoms with Crippen LogP contribution in [0.5, 0.6) is 5.75 Å². The third kappa shape index (κ3) is 2.31. The number of rotatable bonds is 3.